The van der Waals surface area contributed by atoms with Crippen LogP contribution in [0, 0.1) is 11.8 Å². The third-order valence-corrected chi connectivity index (χ3v) is 5.58. The van der Waals surface area contributed by atoms with Gasteiger partial charge in [0.05, 0.1) is 0 Å². The van der Waals surface area contributed by atoms with E-state index in [9.17, 15) is 13.2 Å². The molecule has 3 rings (SSSR count). The van der Waals surface area contributed by atoms with E-state index < -0.39 is 11.9 Å². The third kappa shape index (κ3) is 5.68. The SMILES string of the molecule is C[C@H]1C[C@H](C)CN(c2cc(C(F)(F)F)nc(NC(=S)NC3CCCCC3)n2)C1. The van der Waals surface area contributed by atoms with Gasteiger partial charge in [-0.2, -0.15) is 18.2 Å². The lowest BCUT2D eigenvalue weighted by Gasteiger charge is -2.36. The van der Waals surface area contributed by atoms with Crippen LogP contribution in [0.25, 0.3) is 0 Å². The molecule has 0 bridgehead atoms. The third-order valence-electron chi connectivity index (χ3n) is 5.36. The maximum Gasteiger partial charge on any atom is 0.433 e. The first kappa shape index (κ1) is 21.1. The maximum atomic E-state index is 13.4. The topological polar surface area (TPSA) is 53.1 Å². The Hall–Kier alpha value is -1.64. The minimum atomic E-state index is -4.54. The first-order valence-electron chi connectivity index (χ1n) is 9.99. The Bertz CT molecular complexity index is 681. The monoisotopic (exact) mass is 415 g/mol. The van der Waals surface area contributed by atoms with Crippen LogP contribution < -0.4 is 15.5 Å². The predicted octanol–water partition coefficient (Wildman–Crippen LogP) is 4.60. The van der Waals surface area contributed by atoms with Crippen LogP contribution in [0.15, 0.2) is 6.07 Å². The fraction of sp³-hybridized carbons (Fsp3) is 0.737. The van der Waals surface area contributed by atoms with Crippen molar-refractivity contribution in [1.82, 2.24) is 15.3 Å². The molecule has 2 aliphatic rings. The summed E-state index contributed by atoms with van der Waals surface area (Å²) in [6.45, 7) is 5.58. The van der Waals surface area contributed by atoms with Crippen LogP contribution in [0.1, 0.15) is 58.1 Å². The fourth-order valence-corrected chi connectivity index (χ4v) is 4.48. The van der Waals surface area contributed by atoms with Crippen molar-refractivity contribution in [3.63, 3.8) is 0 Å². The van der Waals surface area contributed by atoms with E-state index in [1.54, 1.807) is 0 Å². The molecule has 0 aromatic carbocycles. The molecule has 2 heterocycles. The van der Waals surface area contributed by atoms with E-state index in [4.69, 9.17) is 12.2 Å². The van der Waals surface area contributed by atoms with Crippen molar-refractivity contribution in [3.8, 4) is 0 Å². The van der Waals surface area contributed by atoms with Gasteiger partial charge in [-0.1, -0.05) is 33.1 Å². The number of piperidine rings is 1. The highest BCUT2D eigenvalue weighted by Gasteiger charge is 2.35. The van der Waals surface area contributed by atoms with E-state index in [1.807, 2.05) is 4.90 Å². The van der Waals surface area contributed by atoms with Crippen LogP contribution in [0.3, 0.4) is 0 Å². The first-order valence-corrected chi connectivity index (χ1v) is 10.4. The predicted molar refractivity (Wildman–Crippen MR) is 108 cm³/mol. The maximum absolute atomic E-state index is 13.4. The average Bonchev–Trinajstić information content (AvgIpc) is 2.60. The Morgan fingerprint density at radius 1 is 1.11 bits per heavy atom. The van der Waals surface area contributed by atoms with Crippen molar-refractivity contribution in [2.75, 3.05) is 23.3 Å². The zero-order valence-corrected chi connectivity index (χ0v) is 17.2. The van der Waals surface area contributed by atoms with E-state index in [-0.39, 0.29) is 17.1 Å². The molecule has 0 unspecified atom stereocenters. The highest BCUT2D eigenvalue weighted by atomic mass is 32.1. The van der Waals surface area contributed by atoms with Crippen molar-refractivity contribution in [2.45, 2.75) is 64.6 Å². The molecular formula is C19H28F3N5S. The normalized spacial score (nSPS) is 24.1. The highest BCUT2D eigenvalue weighted by Crippen LogP contribution is 2.32. The van der Waals surface area contributed by atoms with Gasteiger partial charge < -0.3 is 15.5 Å². The second-order valence-corrected chi connectivity index (χ2v) is 8.63. The molecule has 2 N–H and O–H groups in total. The average molecular weight is 416 g/mol. The molecule has 2 atom stereocenters. The van der Waals surface area contributed by atoms with Crippen molar-refractivity contribution in [1.29, 1.82) is 0 Å². The summed E-state index contributed by atoms with van der Waals surface area (Å²) in [6, 6.07) is 1.29. The Kier molecular flexibility index (Phi) is 6.62. The van der Waals surface area contributed by atoms with Gasteiger partial charge in [-0.25, -0.2) is 4.98 Å². The number of anilines is 2. The molecule has 1 aromatic heterocycles. The molecule has 28 heavy (non-hydrogen) atoms. The second kappa shape index (κ2) is 8.80. The van der Waals surface area contributed by atoms with Gasteiger partial charge in [0, 0.05) is 25.2 Å². The minimum absolute atomic E-state index is 0.107. The van der Waals surface area contributed by atoms with Gasteiger partial charge in [-0.3, -0.25) is 0 Å². The number of halogens is 3. The number of aromatic nitrogens is 2. The number of nitrogens with zero attached hydrogens (tertiary/aromatic N) is 3. The molecular weight excluding hydrogens is 387 g/mol. The van der Waals surface area contributed by atoms with Crippen molar-refractivity contribution in [2.24, 2.45) is 11.8 Å². The summed E-state index contributed by atoms with van der Waals surface area (Å²) < 4.78 is 40.2. The van der Waals surface area contributed by atoms with Crippen LogP contribution in [0.4, 0.5) is 24.9 Å². The van der Waals surface area contributed by atoms with Gasteiger partial charge in [0.2, 0.25) is 5.95 Å². The summed E-state index contributed by atoms with van der Waals surface area (Å²) in [7, 11) is 0. The first-order chi connectivity index (χ1) is 13.2. The van der Waals surface area contributed by atoms with E-state index in [0.29, 0.717) is 30.7 Å². The standard InChI is InChI=1S/C19H28F3N5S/c1-12-8-13(2)11-27(10-12)16-9-15(19(20,21)22)24-17(25-16)26-18(28)23-14-6-4-3-5-7-14/h9,12-14H,3-8,10-11H2,1-2H3,(H2,23,24,25,26,28)/t12-,13-/m0/s1. The summed E-state index contributed by atoms with van der Waals surface area (Å²) in [5.41, 5.74) is -0.952. The number of nitrogens with one attached hydrogen (secondary N) is 2. The molecule has 1 aromatic rings. The summed E-state index contributed by atoms with van der Waals surface area (Å²) in [5.74, 6) is 0.990. The van der Waals surface area contributed by atoms with Gasteiger partial charge in [-0.15, -0.1) is 0 Å². The smallest absolute Gasteiger partial charge is 0.360 e. The molecule has 156 valence electrons. The molecule has 1 saturated carbocycles. The van der Waals surface area contributed by atoms with Crippen LogP contribution in [0.2, 0.25) is 0 Å². The molecule has 1 saturated heterocycles. The molecule has 9 heteroatoms. The largest absolute Gasteiger partial charge is 0.433 e. The zero-order valence-electron chi connectivity index (χ0n) is 16.4. The van der Waals surface area contributed by atoms with E-state index >= 15 is 0 Å². The van der Waals surface area contributed by atoms with Gasteiger partial charge in [0.15, 0.2) is 10.8 Å². The molecule has 2 fully saturated rings. The molecule has 0 radical (unpaired) electrons. The van der Waals surface area contributed by atoms with Crippen LogP contribution >= 0.6 is 12.2 Å². The fourth-order valence-electron chi connectivity index (χ4n) is 4.22. The van der Waals surface area contributed by atoms with E-state index in [0.717, 1.165) is 38.2 Å². The summed E-state index contributed by atoms with van der Waals surface area (Å²) >= 11 is 5.29. The Labute approximate surface area is 169 Å². The minimum Gasteiger partial charge on any atom is -0.360 e. The molecule has 5 nitrogen and oxygen atoms in total. The summed E-state index contributed by atoms with van der Waals surface area (Å²) in [5, 5.41) is 6.23. The van der Waals surface area contributed by atoms with Gasteiger partial charge >= 0.3 is 6.18 Å². The second-order valence-electron chi connectivity index (χ2n) is 8.22. The van der Waals surface area contributed by atoms with E-state index in [1.165, 1.54) is 6.42 Å². The Morgan fingerprint density at radius 3 is 2.36 bits per heavy atom. The van der Waals surface area contributed by atoms with Crippen molar-refractivity contribution >= 4 is 29.1 Å². The van der Waals surface area contributed by atoms with Crippen LogP contribution in [-0.2, 0) is 6.18 Å². The zero-order chi connectivity index (χ0) is 20.3. The summed E-state index contributed by atoms with van der Waals surface area (Å²) in [4.78, 5) is 9.93. The number of rotatable bonds is 3. The van der Waals surface area contributed by atoms with Gasteiger partial charge in [0.25, 0.3) is 0 Å². The Morgan fingerprint density at radius 2 is 1.75 bits per heavy atom. The molecule has 0 amide bonds. The van der Waals surface area contributed by atoms with Crippen molar-refractivity contribution in [3.05, 3.63) is 11.8 Å². The molecule has 0 spiro atoms. The highest BCUT2D eigenvalue weighted by molar-refractivity contribution is 7.80. The van der Waals surface area contributed by atoms with Crippen LogP contribution in [-0.4, -0.2) is 34.2 Å². The molecule has 1 aliphatic heterocycles. The number of hydrogen-bond donors (Lipinski definition) is 2. The number of thiocarbonyl (C=S) groups is 1. The lowest BCUT2D eigenvalue weighted by Crippen LogP contribution is -2.40. The van der Waals surface area contributed by atoms with Gasteiger partial charge in [-0.05, 0) is 43.3 Å². The summed E-state index contributed by atoms with van der Waals surface area (Å²) in [6.07, 6.45) is 2.03. The lowest BCUT2D eigenvalue weighted by molar-refractivity contribution is -0.141. The van der Waals surface area contributed by atoms with Gasteiger partial charge in [0.1, 0.15) is 5.82 Å². The number of hydrogen-bond acceptors (Lipinski definition) is 4. The van der Waals surface area contributed by atoms with E-state index in [2.05, 4.69) is 34.4 Å². The Balaban J connectivity index is 1.78. The number of alkyl halides is 3. The van der Waals surface area contributed by atoms with Crippen molar-refractivity contribution < 1.29 is 13.2 Å². The van der Waals surface area contributed by atoms with Crippen LogP contribution in [0.5, 0.6) is 0 Å². The molecule has 1 aliphatic carbocycles. The quantitative estimate of drug-likeness (QED) is 0.704. The lowest BCUT2D eigenvalue weighted by atomic mass is 9.92.